The zero-order valence-corrected chi connectivity index (χ0v) is 12.5. The van der Waals surface area contributed by atoms with E-state index in [1.54, 1.807) is 37.0 Å². The van der Waals surface area contributed by atoms with Crippen molar-refractivity contribution in [3.05, 3.63) is 18.5 Å². The van der Waals surface area contributed by atoms with Crippen LogP contribution in [0.15, 0.2) is 23.4 Å². The minimum Gasteiger partial charge on any atom is -0.368 e. The lowest BCUT2D eigenvalue weighted by Crippen LogP contribution is -2.54. The highest BCUT2D eigenvalue weighted by Crippen LogP contribution is 2.18. The zero-order valence-electron chi connectivity index (χ0n) is 11.7. The van der Waals surface area contributed by atoms with Gasteiger partial charge in [0.25, 0.3) is 0 Å². The Hall–Kier alpha value is -1.38. The van der Waals surface area contributed by atoms with Crippen molar-refractivity contribution >= 4 is 15.9 Å². The van der Waals surface area contributed by atoms with E-state index in [1.807, 2.05) is 4.90 Å². The first kappa shape index (κ1) is 15.0. The van der Waals surface area contributed by atoms with Gasteiger partial charge in [-0.15, -0.1) is 0 Å². The molecule has 7 nitrogen and oxygen atoms in total. The molecule has 1 amide bonds. The number of carbonyl (C=O) groups is 1. The highest BCUT2D eigenvalue weighted by Gasteiger charge is 2.31. The molecule has 1 aromatic heterocycles. The van der Waals surface area contributed by atoms with Crippen LogP contribution in [-0.2, 0) is 21.9 Å². The van der Waals surface area contributed by atoms with Crippen molar-refractivity contribution in [2.24, 2.45) is 12.8 Å². The Morgan fingerprint density at radius 1 is 1.30 bits per heavy atom. The molecule has 112 valence electrons. The van der Waals surface area contributed by atoms with Gasteiger partial charge >= 0.3 is 0 Å². The predicted molar refractivity (Wildman–Crippen MR) is 74.4 cm³/mol. The molecule has 0 aromatic carbocycles. The van der Waals surface area contributed by atoms with Gasteiger partial charge in [0.1, 0.15) is 0 Å². The van der Waals surface area contributed by atoms with Gasteiger partial charge in [0.15, 0.2) is 0 Å². The van der Waals surface area contributed by atoms with Crippen molar-refractivity contribution < 1.29 is 13.2 Å². The fourth-order valence-corrected chi connectivity index (χ4v) is 3.77. The number of piperazine rings is 1. The molecule has 1 saturated heterocycles. The third-order valence-corrected chi connectivity index (χ3v) is 5.56. The number of rotatable bonds is 4. The topological polar surface area (TPSA) is 88.6 Å². The van der Waals surface area contributed by atoms with E-state index < -0.39 is 10.0 Å². The van der Waals surface area contributed by atoms with Crippen LogP contribution in [0.3, 0.4) is 0 Å². The summed E-state index contributed by atoms with van der Waals surface area (Å²) < 4.78 is 28.0. The lowest BCUT2D eigenvalue weighted by atomic mass is 10.2. The Labute approximate surface area is 119 Å². The average molecular weight is 300 g/mol. The molecule has 2 heterocycles. The monoisotopic (exact) mass is 300 g/mol. The maximum atomic E-state index is 12.4. The summed E-state index contributed by atoms with van der Waals surface area (Å²) in [5, 5.41) is 0. The third kappa shape index (κ3) is 2.87. The van der Waals surface area contributed by atoms with Crippen LogP contribution in [0.25, 0.3) is 0 Å². The largest absolute Gasteiger partial charge is 0.368 e. The van der Waals surface area contributed by atoms with Crippen LogP contribution in [0.5, 0.6) is 0 Å². The summed E-state index contributed by atoms with van der Waals surface area (Å²) in [6.45, 7) is 3.50. The first-order valence-corrected chi connectivity index (χ1v) is 7.92. The van der Waals surface area contributed by atoms with Crippen LogP contribution in [0, 0.1) is 0 Å². The summed E-state index contributed by atoms with van der Waals surface area (Å²) in [6.07, 6.45) is 3.30. The molecule has 1 atom stereocenters. The van der Waals surface area contributed by atoms with E-state index in [1.165, 1.54) is 4.31 Å². The molecule has 0 spiro atoms. The molecule has 0 unspecified atom stereocenters. The molecule has 0 aliphatic carbocycles. The molecule has 2 N–H and O–H groups in total. The number of carbonyl (C=O) groups excluding carboxylic acids is 1. The lowest BCUT2D eigenvalue weighted by molar-refractivity contribution is -0.123. The Kier molecular flexibility index (Phi) is 4.17. The molecular formula is C12H20N4O3S. The van der Waals surface area contributed by atoms with Gasteiger partial charge in [-0.2, -0.15) is 4.31 Å². The van der Waals surface area contributed by atoms with Crippen molar-refractivity contribution in [2.45, 2.75) is 17.9 Å². The molecule has 1 aliphatic heterocycles. The standard InChI is InChI=1S/C12H20N4O3S/c1-10(12(13)17)15-5-7-16(8-6-15)20(18,19)11-3-4-14(2)9-11/h3-4,9-10H,5-8H2,1-2H3,(H2,13,17)/t10-/m1/s1. The predicted octanol–water partition coefficient (Wildman–Crippen LogP) is -0.795. The number of sulfonamides is 1. The summed E-state index contributed by atoms with van der Waals surface area (Å²) in [5.41, 5.74) is 5.27. The van der Waals surface area contributed by atoms with Crippen LogP contribution >= 0.6 is 0 Å². The first-order chi connectivity index (χ1) is 9.32. The number of primary amides is 1. The van der Waals surface area contributed by atoms with Gasteiger partial charge in [0.2, 0.25) is 15.9 Å². The van der Waals surface area contributed by atoms with E-state index in [9.17, 15) is 13.2 Å². The first-order valence-electron chi connectivity index (χ1n) is 6.48. The van der Waals surface area contributed by atoms with Crippen LogP contribution in [-0.4, -0.2) is 60.3 Å². The van der Waals surface area contributed by atoms with E-state index >= 15 is 0 Å². The fourth-order valence-electron chi connectivity index (χ4n) is 2.29. The Balaban J connectivity index is 2.05. The summed E-state index contributed by atoms with van der Waals surface area (Å²) >= 11 is 0. The second-order valence-corrected chi connectivity index (χ2v) is 6.97. The van der Waals surface area contributed by atoms with Crippen molar-refractivity contribution in [1.29, 1.82) is 0 Å². The van der Waals surface area contributed by atoms with Gasteiger partial charge in [-0.05, 0) is 13.0 Å². The lowest BCUT2D eigenvalue weighted by Gasteiger charge is -2.36. The molecule has 0 saturated carbocycles. The van der Waals surface area contributed by atoms with E-state index in [4.69, 9.17) is 5.73 Å². The second kappa shape index (κ2) is 5.55. The Bertz CT molecular complexity index is 588. The minimum absolute atomic E-state index is 0.302. The van der Waals surface area contributed by atoms with Crippen LogP contribution in [0.4, 0.5) is 0 Å². The number of aromatic nitrogens is 1. The second-order valence-electron chi connectivity index (χ2n) is 5.03. The van der Waals surface area contributed by atoms with Crippen molar-refractivity contribution in [1.82, 2.24) is 13.8 Å². The average Bonchev–Trinajstić information content (AvgIpc) is 2.85. The summed E-state index contributed by atoms with van der Waals surface area (Å²) in [7, 11) is -1.66. The molecule has 8 heteroatoms. The SMILES string of the molecule is C[C@H](C(N)=O)N1CCN(S(=O)(=O)c2ccn(C)c2)CC1. The Morgan fingerprint density at radius 2 is 1.90 bits per heavy atom. The number of amides is 1. The van der Waals surface area contributed by atoms with Gasteiger partial charge in [-0.25, -0.2) is 8.42 Å². The van der Waals surface area contributed by atoms with Gasteiger partial charge in [-0.3, -0.25) is 9.69 Å². The molecular weight excluding hydrogens is 280 g/mol. The van der Waals surface area contributed by atoms with Crippen molar-refractivity contribution in [3.63, 3.8) is 0 Å². The number of nitrogens with two attached hydrogens (primary N) is 1. The molecule has 1 aliphatic rings. The van der Waals surface area contributed by atoms with Crippen LogP contribution in [0.2, 0.25) is 0 Å². The quantitative estimate of drug-likeness (QED) is 0.789. The number of nitrogens with zero attached hydrogens (tertiary/aromatic N) is 3. The third-order valence-electron chi connectivity index (χ3n) is 3.68. The smallest absolute Gasteiger partial charge is 0.244 e. The van der Waals surface area contributed by atoms with E-state index in [0.717, 1.165) is 0 Å². The molecule has 0 radical (unpaired) electrons. The summed E-state index contributed by atoms with van der Waals surface area (Å²) in [5.74, 6) is -0.385. The normalized spacial score (nSPS) is 19.9. The number of hydrogen-bond donors (Lipinski definition) is 1. The summed E-state index contributed by atoms with van der Waals surface area (Å²) in [6, 6.07) is 1.23. The molecule has 0 bridgehead atoms. The highest BCUT2D eigenvalue weighted by atomic mass is 32.2. The molecule has 20 heavy (non-hydrogen) atoms. The van der Waals surface area contributed by atoms with E-state index in [0.29, 0.717) is 31.1 Å². The van der Waals surface area contributed by atoms with Crippen molar-refractivity contribution in [3.8, 4) is 0 Å². The highest BCUT2D eigenvalue weighted by molar-refractivity contribution is 7.89. The van der Waals surface area contributed by atoms with Gasteiger partial charge < -0.3 is 10.3 Å². The van der Waals surface area contributed by atoms with E-state index in [2.05, 4.69) is 0 Å². The minimum atomic E-state index is -3.44. The Morgan fingerprint density at radius 3 is 2.35 bits per heavy atom. The number of hydrogen-bond acceptors (Lipinski definition) is 4. The van der Waals surface area contributed by atoms with Crippen molar-refractivity contribution in [2.75, 3.05) is 26.2 Å². The van der Waals surface area contributed by atoms with E-state index in [-0.39, 0.29) is 11.9 Å². The number of aryl methyl sites for hydroxylation is 1. The van der Waals surface area contributed by atoms with Gasteiger partial charge in [0, 0.05) is 45.6 Å². The maximum absolute atomic E-state index is 12.4. The van der Waals surface area contributed by atoms with Gasteiger partial charge in [-0.1, -0.05) is 0 Å². The van der Waals surface area contributed by atoms with Crippen LogP contribution in [0.1, 0.15) is 6.92 Å². The molecule has 1 fully saturated rings. The van der Waals surface area contributed by atoms with Crippen LogP contribution < -0.4 is 5.73 Å². The van der Waals surface area contributed by atoms with Gasteiger partial charge in [0.05, 0.1) is 10.9 Å². The maximum Gasteiger partial charge on any atom is 0.244 e. The molecule has 1 aromatic rings. The summed E-state index contributed by atoms with van der Waals surface area (Å²) in [4.78, 5) is 13.4. The fraction of sp³-hybridized carbons (Fsp3) is 0.583. The zero-order chi connectivity index (χ0) is 14.9. The molecule has 2 rings (SSSR count).